The number of carboxylic acid groups (broad SMARTS) is 1. The molecule has 17 heavy (non-hydrogen) atoms. The fourth-order valence-corrected chi connectivity index (χ4v) is 2.47. The third-order valence-corrected chi connectivity index (χ3v) is 5.24. The lowest BCUT2D eigenvalue weighted by Crippen LogP contribution is -2.34. The number of carboxylic acids is 1. The van der Waals surface area contributed by atoms with Gasteiger partial charge >= 0.3 is 0 Å². The first-order chi connectivity index (χ1) is 8.09. The molecule has 2 aromatic rings. The molecule has 0 aromatic heterocycles. The van der Waals surface area contributed by atoms with E-state index >= 15 is 0 Å². The minimum atomic E-state index is -1.12. The quantitative estimate of drug-likeness (QED) is 0.793. The van der Waals surface area contributed by atoms with Crippen LogP contribution in [-0.2, 0) is 4.79 Å². The van der Waals surface area contributed by atoms with Crippen LogP contribution >= 0.6 is 31.9 Å². The fourth-order valence-electron chi connectivity index (χ4n) is 1.67. The minimum Gasteiger partial charge on any atom is -0.549 e. The molecular weight excluding hydrogens is 348 g/mol. The van der Waals surface area contributed by atoms with Crippen LogP contribution < -0.4 is 5.11 Å². The Labute approximate surface area is 116 Å². The van der Waals surface area contributed by atoms with E-state index in [1.807, 2.05) is 42.5 Å². The molecule has 0 bridgehead atoms. The topological polar surface area (TPSA) is 40.1 Å². The smallest absolute Gasteiger partial charge is 0.0707 e. The molecular formula is C13H9Br2O2-. The summed E-state index contributed by atoms with van der Waals surface area (Å²) in [5.41, 5.74) is 0.912. The van der Waals surface area contributed by atoms with Gasteiger partial charge in [0.05, 0.1) is 15.6 Å². The van der Waals surface area contributed by atoms with E-state index in [0.29, 0.717) is 0 Å². The van der Waals surface area contributed by atoms with E-state index in [4.69, 9.17) is 0 Å². The normalized spacial score (nSPS) is 14.5. The van der Waals surface area contributed by atoms with Gasteiger partial charge in [0, 0.05) is 0 Å². The first-order valence-electron chi connectivity index (χ1n) is 5.07. The van der Waals surface area contributed by atoms with E-state index < -0.39 is 10.8 Å². The van der Waals surface area contributed by atoms with Gasteiger partial charge in [-0.05, 0) is 22.4 Å². The molecule has 2 rings (SSSR count). The van der Waals surface area contributed by atoms with Crippen molar-refractivity contribution in [1.29, 1.82) is 0 Å². The lowest BCUT2D eigenvalue weighted by Gasteiger charge is -2.18. The Morgan fingerprint density at radius 2 is 1.71 bits per heavy atom. The Balaban J connectivity index is 2.39. The van der Waals surface area contributed by atoms with E-state index in [-0.39, 0.29) is 4.83 Å². The highest BCUT2D eigenvalue weighted by Crippen LogP contribution is 2.32. The summed E-state index contributed by atoms with van der Waals surface area (Å²) in [7, 11) is 0. The van der Waals surface area contributed by atoms with Crippen molar-refractivity contribution >= 4 is 48.6 Å². The third-order valence-electron chi connectivity index (χ3n) is 2.57. The summed E-state index contributed by atoms with van der Waals surface area (Å²) in [6.07, 6.45) is 0. The molecule has 0 N–H and O–H groups in total. The lowest BCUT2D eigenvalue weighted by molar-refractivity contribution is -0.304. The van der Waals surface area contributed by atoms with Crippen molar-refractivity contribution < 1.29 is 9.90 Å². The summed E-state index contributed by atoms with van der Waals surface area (Å²) < 4.78 is 0. The predicted octanol–water partition coefficient (Wildman–Crippen LogP) is 2.79. The van der Waals surface area contributed by atoms with E-state index in [1.54, 1.807) is 0 Å². The molecule has 0 aliphatic heterocycles. The number of carbonyl (C=O) groups excluding carboxylic acids is 1. The van der Waals surface area contributed by atoms with Crippen molar-refractivity contribution in [2.24, 2.45) is 0 Å². The zero-order valence-corrected chi connectivity index (χ0v) is 11.9. The number of hydrogen-bond donors (Lipinski definition) is 0. The minimum absolute atomic E-state index is 0.308. The molecule has 0 heterocycles. The molecule has 0 fully saturated rings. The second kappa shape index (κ2) is 5.19. The van der Waals surface area contributed by atoms with Crippen molar-refractivity contribution in [3.05, 3.63) is 48.0 Å². The molecule has 88 valence electrons. The second-order valence-electron chi connectivity index (χ2n) is 3.73. The van der Waals surface area contributed by atoms with Crippen LogP contribution in [0.4, 0.5) is 0 Å². The van der Waals surface area contributed by atoms with Crippen LogP contribution in [0.1, 0.15) is 10.4 Å². The molecule has 4 heteroatoms. The fraction of sp³-hybridized carbons (Fsp3) is 0.154. The highest BCUT2D eigenvalue weighted by atomic mass is 79.9. The van der Waals surface area contributed by atoms with Gasteiger partial charge in [0.15, 0.2) is 0 Å². The van der Waals surface area contributed by atoms with Gasteiger partial charge in [0.1, 0.15) is 0 Å². The summed E-state index contributed by atoms with van der Waals surface area (Å²) in [5, 5.41) is 13.0. The molecule has 2 nitrogen and oxygen atoms in total. The van der Waals surface area contributed by atoms with Crippen molar-refractivity contribution in [3.8, 4) is 0 Å². The molecule has 0 saturated heterocycles. The Bertz CT molecular complexity index is 554. The zero-order valence-electron chi connectivity index (χ0n) is 8.77. The number of aliphatic carboxylic acids is 1. The number of alkyl halides is 2. The second-order valence-corrected chi connectivity index (χ2v) is 5.70. The monoisotopic (exact) mass is 355 g/mol. The largest absolute Gasteiger partial charge is 0.549 e. The average molecular weight is 357 g/mol. The number of halogens is 2. The van der Waals surface area contributed by atoms with Crippen LogP contribution in [0.15, 0.2) is 42.5 Å². The Hall–Kier alpha value is -0.870. The molecule has 0 radical (unpaired) electrons. The van der Waals surface area contributed by atoms with Crippen LogP contribution in [-0.4, -0.2) is 10.8 Å². The number of fused-ring (bicyclic) bond motifs is 1. The predicted molar refractivity (Wildman–Crippen MR) is 73.3 cm³/mol. The van der Waals surface area contributed by atoms with Crippen molar-refractivity contribution in [2.45, 2.75) is 9.65 Å². The number of benzene rings is 2. The van der Waals surface area contributed by atoms with Crippen LogP contribution in [0.2, 0.25) is 0 Å². The highest BCUT2D eigenvalue weighted by Gasteiger charge is 2.18. The van der Waals surface area contributed by atoms with E-state index in [9.17, 15) is 9.90 Å². The van der Waals surface area contributed by atoms with Crippen molar-refractivity contribution in [1.82, 2.24) is 0 Å². The van der Waals surface area contributed by atoms with Crippen LogP contribution in [0.5, 0.6) is 0 Å². The van der Waals surface area contributed by atoms with Gasteiger partial charge in [-0.2, -0.15) is 0 Å². The zero-order chi connectivity index (χ0) is 12.4. The van der Waals surface area contributed by atoms with Gasteiger partial charge in [-0.15, -0.1) is 0 Å². The maximum absolute atomic E-state index is 10.8. The first kappa shape index (κ1) is 12.6. The van der Waals surface area contributed by atoms with Crippen molar-refractivity contribution in [3.63, 3.8) is 0 Å². The van der Waals surface area contributed by atoms with E-state index in [0.717, 1.165) is 16.3 Å². The van der Waals surface area contributed by atoms with Crippen LogP contribution in [0.25, 0.3) is 10.8 Å². The van der Waals surface area contributed by atoms with Crippen LogP contribution in [0, 0.1) is 0 Å². The number of rotatable bonds is 3. The first-order valence-corrected chi connectivity index (χ1v) is 6.90. The van der Waals surface area contributed by atoms with Gasteiger partial charge in [0.2, 0.25) is 0 Å². The molecule has 0 aliphatic carbocycles. The average Bonchev–Trinajstić information content (AvgIpc) is 2.36. The van der Waals surface area contributed by atoms with E-state index in [1.165, 1.54) is 0 Å². The molecule has 2 aromatic carbocycles. The number of hydrogen-bond acceptors (Lipinski definition) is 2. The molecule has 2 unspecified atom stereocenters. The standard InChI is InChI=1S/C13H10Br2O2/c14-11(12(15)13(16)17)10-6-5-8-3-1-2-4-9(8)7-10/h1-7,11-12H,(H,16,17)/p-1. The van der Waals surface area contributed by atoms with Gasteiger partial charge in [-0.25, -0.2) is 0 Å². The summed E-state index contributed by atoms with van der Waals surface area (Å²) in [6.45, 7) is 0. The molecule has 0 aliphatic rings. The number of carbonyl (C=O) groups is 1. The van der Waals surface area contributed by atoms with Crippen LogP contribution in [0.3, 0.4) is 0 Å². The summed E-state index contributed by atoms with van der Waals surface area (Å²) >= 11 is 6.47. The van der Waals surface area contributed by atoms with Gasteiger partial charge in [0.25, 0.3) is 0 Å². The molecule has 0 spiro atoms. The van der Waals surface area contributed by atoms with Gasteiger partial charge in [-0.3, -0.25) is 0 Å². The highest BCUT2D eigenvalue weighted by molar-refractivity contribution is 9.12. The van der Waals surface area contributed by atoms with Crippen molar-refractivity contribution in [2.75, 3.05) is 0 Å². The third kappa shape index (κ3) is 2.69. The Morgan fingerprint density at radius 3 is 2.35 bits per heavy atom. The Morgan fingerprint density at radius 1 is 1.06 bits per heavy atom. The summed E-state index contributed by atoms with van der Waals surface area (Å²) in [4.78, 5) is 9.73. The lowest BCUT2D eigenvalue weighted by atomic mass is 10.0. The SMILES string of the molecule is O=C([O-])C(Br)C(Br)c1ccc2ccccc2c1. The molecule has 0 amide bonds. The maximum atomic E-state index is 10.8. The van der Waals surface area contributed by atoms with Gasteiger partial charge < -0.3 is 9.90 Å². The van der Waals surface area contributed by atoms with E-state index in [2.05, 4.69) is 31.9 Å². The summed E-state index contributed by atoms with van der Waals surface area (Å²) in [5.74, 6) is -1.12. The Kier molecular flexibility index (Phi) is 3.84. The summed E-state index contributed by atoms with van der Waals surface area (Å²) in [6, 6.07) is 13.8. The molecule has 0 saturated carbocycles. The van der Waals surface area contributed by atoms with Gasteiger partial charge in [-0.1, -0.05) is 68.3 Å². The molecule has 2 atom stereocenters. The maximum Gasteiger partial charge on any atom is 0.0707 e.